The van der Waals surface area contributed by atoms with Gasteiger partial charge < -0.3 is 15.0 Å². The molecule has 0 saturated carbocycles. The molecule has 186 valence electrons. The first-order valence-electron chi connectivity index (χ1n) is 10.9. The van der Waals surface area contributed by atoms with Gasteiger partial charge in [-0.3, -0.25) is 13.9 Å². The number of amides is 2. The minimum atomic E-state index is -3.85. The molecule has 0 aromatic heterocycles. The van der Waals surface area contributed by atoms with E-state index in [9.17, 15) is 22.4 Å². The first-order valence-corrected chi connectivity index (χ1v) is 12.8. The van der Waals surface area contributed by atoms with E-state index in [4.69, 9.17) is 4.74 Å². The van der Waals surface area contributed by atoms with Crippen LogP contribution in [-0.2, 0) is 26.2 Å². The van der Waals surface area contributed by atoms with Crippen molar-refractivity contribution < 1.29 is 27.1 Å². The van der Waals surface area contributed by atoms with Crippen molar-refractivity contribution in [1.82, 2.24) is 10.2 Å². The minimum absolute atomic E-state index is 0.118. The fraction of sp³-hybridized carbons (Fsp3) is 0.417. The number of nitrogens with one attached hydrogen (secondary N) is 1. The van der Waals surface area contributed by atoms with Crippen LogP contribution in [0, 0.1) is 5.82 Å². The van der Waals surface area contributed by atoms with Crippen LogP contribution in [0.15, 0.2) is 48.5 Å². The van der Waals surface area contributed by atoms with Crippen molar-refractivity contribution >= 4 is 27.5 Å². The van der Waals surface area contributed by atoms with Gasteiger partial charge in [-0.05, 0) is 50.6 Å². The molecule has 0 bridgehead atoms. The zero-order chi connectivity index (χ0) is 25.5. The number of hydrogen-bond donors (Lipinski definition) is 1. The van der Waals surface area contributed by atoms with Gasteiger partial charge in [0.25, 0.3) is 0 Å². The smallest absolute Gasteiger partial charge is 0.244 e. The van der Waals surface area contributed by atoms with Crippen LogP contribution in [0.25, 0.3) is 0 Å². The average Bonchev–Trinajstić information content (AvgIpc) is 2.80. The SMILES string of the molecule is CCC(C)NC(=O)C(C)N(Cc1ccccc1F)C(=O)CN(c1ccc(OC)cc1)S(C)(=O)=O. The second-order valence-electron chi connectivity index (χ2n) is 8.07. The standard InChI is InChI=1S/C24H32FN3O5S/c1-6-17(2)26-24(30)18(3)27(15-19-9-7-8-10-22(19)25)23(29)16-28(34(5,31)32)20-11-13-21(33-4)14-12-20/h7-14,17-18H,6,15-16H2,1-5H3,(H,26,30). The molecule has 0 fully saturated rings. The summed E-state index contributed by atoms with van der Waals surface area (Å²) in [5.41, 5.74) is 0.480. The van der Waals surface area contributed by atoms with Crippen molar-refractivity contribution in [1.29, 1.82) is 0 Å². The van der Waals surface area contributed by atoms with Gasteiger partial charge in [0.2, 0.25) is 21.8 Å². The molecule has 2 aromatic carbocycles. The molecule has 2 amide bonds. The number of hydrogen-bond acceptors (Lipinski definition) is 5. The predicted molar refractivity (Wildman–Crippen MR) is 129 cm³/mol. The molecule has 2 aromatic rings. The van der Waals surface area contributed by atoms with Crippen molar-refractivity contribution in [3.8, 4) is 5.75 Å². The van der Waals surface area contributed by atoms with Gasteiger partial charge in [0.15, 0.2) is 0 Å². The lowest BCUT2D eigenvalue weighted by molar-refractivity contribution is -0.139. The van der Waals surface area contributed by atoms with Crippen molar-refractivity contribution in [3.63, 3.8) is 0 Å². The molecule has 0 aliphatic carbocycles. The second kappa shape index (κ2) is 11.8. The van der Waals surface area contributed by atoms with Gasteiger partial charge in [0, 0.05) is 18.2 Å². The topological polar surface area (TPSA) is 96.0 Å². The van der Waals surface area contributed by atoms with Gasteiger partial charge in [0.1, 0.15) is 24.2 Å². The molecule has 0 spiro atoms. The van der Waals surface area contributed by atoms with E-state index in [-0.39, 0.29) is 23.8 Å². The minimum Gasteiger partial charge on any atom is -0.497 e. The molecular formula is C24H32FN3O5S. The number of halogens is 1. The quantitative estimate of drug-likeness (QED) is 0.519. The monoisotopic (exact) mass is 493 g/mol. The van der Waals surface area contributed by atoms with Crippen LogP contribution in [0.1, 0.15) is 32.8 Å². The van der Waals surface area contributed by atoms with Crippen LogP contribution in [0.3, 0.4) is 0 Å². The Labute approximate surface area is 200 Å². The summed E-state index contributed by atoms with van der Waals surface area (Å²) in [6.45, 7) is 4.54. The Hall–Kier alpha value is -3.14. The molecule has 0 heterocycles. The molecule has 1 N–H and O–H groups in total. The Morgan fingerprint density at radius 1 is 1.09 bits per heavy atom. The van der Waals surface area contributed by atoms with Crippen LogP contribution in [-0.4, -0.2) is 57.1 Å². The number of carbonyl (C=O) groups excluding carboxylic acids is 2. The third-order valence-corrected chi connectivity index (χ3v) is 6.65. The van der Waals surface area contributed by atoms with Gasteiger partial charge in [-0.15, -0.1) is 0 Å². The maximum absolute atomic E-state index is 14.4. The lowest BCUT2D eigenvalue weighted by Gasteiger charge is -2.32. The molecule has 8 nitrogen and oxygen atoms in total. The summed E-state index contributed by atoms with van der Waals surface area (Å²) in [7, 11) is -2.36. The third kappa shape index (κ3) is 7.18. The highest BCUT2D eigenvalue weighted by molar-refractivity contribution is 7.92. The molecule has 34 heavy (non-hydrogen) atoms. The predicted octanol–water partition coefficient (Wildman–Crippen LogP) is 2.93. The number of methoxy groups -OCH3 is 1. The Morgan fingerprint density at radius 3 is 2.24 bits per heavy atom. The number of carbonyl (C=O) groups is 2. The molecule has 0 radical (unpaired) electrons. The fourth-order valence-electron chi connectivity index (χ4n) is 3.22. The normalized spacial score (nSPS) is 13.0. The molecule has 2 atom stereocenters. The Morgan fingerprint density at radius 2 is 1.71 bits per heavy atom. The number of rotatable bonds is 11. The van der Waals surface area contributed by atoms with E-state index in [1.807, 2.05) is 13.8 Å². The number of anilines is 1. The molecule has 0 saturated heterocycles. The third-order valence-electron chi connectivity index (χ3n) is 5.51. The summed E-state index contributed by atoms with van der Waals surface area (Å²) >= 11 is 0. The van der Waals surface area contributed by atoms with Gasteiger partial charge in [0.05, 0.1) is 19.1 Å². The highest BCUT2D eigenvalue weighted by Crippen LogP contribution is 2.22. The van der Waals surface area contributed by atoms with E-state index in [0.29, 0.717) is 12.2 Å². The number of nitrogens with zero attached hydrogens (tertiary/aromatic N) is 2. The van der Waals surface area contributed by atoms with Crippen LogP contribution in [0.2, 0.25) is 0 Å². The molecule has 10 heteroatoms. The average molecular weight is 494 g/mol. The van der Waals surface area contributed by atoms with E-state index >= 15 is 0 Å². The first kappa shape index (κ1) is 27.1. The van der Waals surface area contributed by atoms with E-state index in [0.717, 1.165) is 10.6 Å². The second-order valence-corrected chi connectivity index (χ2v) is 9.98. The zero-order valence-corrected chi connectivity index (χ0v) is 20.9. The molecule has 0 aliphatic rings. The molecule has 2 rings (SSSR count). The van der Waals surface area contributed by atoms with E-state index < -0.39 is 40.2 Å². The van der Waals surface area contributed by atoms with Crippen LogP contribution >= 0.6 is 0 Å². The Balaban J connectivity index is 2.39. The van der Waals surface area contributed by atoms with Crippen LogP contribution < -0.4 is 14.4 Å². The fourth-order valence-corrected chi connectivity index (χ4v) is 4.07. The Bertz CT molecular complexity index is 1090. The van der Waals surface area contributed by atoms with Gasteiger partial charge >= 0.3 is 0 Å². The lowest BCUT2D eigenvalue weighted by atomic mass is 10.1. The van der Waals surface area contributed by atoms with Gasteiger partial charge in [-0.25, -0.2) is 12.8 Å². The number of sulfonamides is 1. The van der Waals surface area contributed by atoms with Crippen molar-refractivity contribution in [2.45, 2.75) is 45.8 Å². The zero-order valence-electron chi connectivity index (χ0n) is 20.1. The summed E-state index contributed by atoms with van der Waals surface area (Å²) < 4.78 is 45.5. The van der Waals surface area contributed by atoms with Crippen LogP contribution in [0.4, 0.5) is 10.1 Å². The summed E-state index contributed by atoms with van der Waals surface area (Å²) in [5.74, 6) is -1.05. The van der Waals surface area contributed by atoms with Crippen molar-refractivity contribution in [2.75, 3.05) is 24.2 Å². The van der Waals surface area contributed by atoms with Crippen molar-refractivity contribution in [3.05, 3.63) is 59.9 Å². The van der Waals surface area contributed by atoms with E-state index in [2.05, 4.69) is 5.32 Å². The number of benzene rings is 2. The van der Waals surface area contributed by atoms with Gasteiger partial charge in [-0.2, -0.15) is 0 Å². The summed E-state index contributed by atoms with van der Waals surface area (Å²) in [6.07, 6.45) is 1.68. The first-order chi connectivity index (χ1) is 16.0. The van der Waals surface area contributed by atoms with E-state index in [1.54, 1.807) is 18.2 Å². The molecular weight excluding hydrogens is 461 g/mol. The Kier molecular flexibility index (Phi) is 9.43. The summed E-state index contributed by atoms with van der Waals surface area (Å²) in [5, 5.41) is 2.82. The largest absolute Gasteiger partial charge is 0.497 e. The summed E-state index contributed by atoms with van der Waals surface area (Å²) in [4.78, 5) is 27.4. The maximum atomic E-state index is 14.4. The molecule has 2 unspecified atom stereocenters. The van der Waals surface area contributed by atoms with Gasteiger partial charge in [-0.1, -0.05) is 25.1 Å². The molecule has 0 aliphatic heterocycles. The highest BCUT2D eigenvalue weighted by atomic mass is 32.2. The van der Waals surface area contributed by atoms with E-state index in [1.165, 1.54) is 49.3 Å². The van der Waals surface area contributed by atoms with Crippen LogP contribution in [0.5, 0.6) is 5.75 Å². The van der Waals surface area contributed by atoms with Crippen molar-refractivity contribution in [2.24, 2.45) is 0 Å². The number of ether oxygens (including phenoxy) is 1. The maximum Gasteiger partial charge on any atom is 0.244 e. The summed E-state index contributed by atoms with van der Waals surface area (Å²) in [6, 6.07) is 11.1. The highest BCUT2D eigenvalue weighted by Gasteiger charge is 2.31. The lowest BCUT2D eigenvalue weighted by Crippen LogP contribution is -2.52.